The van der Waals surface area contributed by atoms with Gasteiger partial charge in [-0.2, -0.15) is 15.6 Å². The van der Waals surface area contributed by atoms with Crippen LogP contribution in [0.25, 0.3) is 0 Å². The number of nitrogens with zero attached hydrogens (tertiary/aromatic N) is 4. The maximum Gasteiger partial charge on any atom is 0.263 e. The van der Waals surface area contributed by atoms with Crippen molar-refractivity contribution in [1.82, 2.24) is 4.98 Å². The molecule has 0 bridgehead atoms. The predicted octanol–water partition coefficient (Wildman–Crippen LogP) is 1.70. The topological polar surface area (TPSA) is 131 Å². The molecule has 1 heterocycles. The third-order valence-electron chi connectivity index (χ3n) is 2.56. The third-order valence-corrected chi connectivity index (χ3v) is 3.94. The molecule has 0 spiro atoms. The van der Waals surface area contributed by atoms with E-state index in [0.717, 1.165) is 0 Å². The number of hydrogen-bond donors (Lipinski definition) is 2. The van der Waals surface area contributed by atoms with E-state index in [9.17, 15) is 8.42 Å². The minimum Gasteiger partial charge on any atom is -0.275 e. The molecule has 0 aliphatic heterocycles. The molecule has 2 aromatic rings. The second-order valence-corrected chi connectivity index (χ2v) is 5.83. The SMILES string of the molecule is N#CC(C#N)=NNc1ccc(NS(=O)(=O)c2ccccc2)nc1. The van der Waals surface area contributed by atoms with Crippen molar-refractivity contribution in [3.8, 4) is 12.1 Å². The molecule has 114 valence electrons. The molecule has 0 fully saturated rings. The van der Waals surface area contributed by atoms with Crippen molar-refractivity contribution in [2.45, 2.75) is 4.90 Å². The fourth-order valence-corrected chi connectivity index (χ4v) is 2.54. The van der Waals surface area contributed by atoms with E-state index in [4.69, 9.17) is 10.5 Å². The highest BCUT2D eigenvalue weighted by Crippen LogP contribution is 2.15. The van der Waals surface area contributed by atoms with Crippen molar-refractivity contribution in [2.24, 2.45) is 5.10 Å². The van der Waals surface area contributed by atoms with E-state index in [-0.39, 0.29) is 16.4 Å². The number of hydrazone groups is 1. The van der Waals surface area contributed by atoms with Crippen LogP contribution in [0.5, 0.6) is 0 Å². The molecule has 0 atom stereocenters. The highest BCUT2D eigenvalue weighted by molar-refractivity contribution is 7.92. The lowest BCUT2D eigenvalue weighted by atomic mass is 10.4. The highest BCUT2D eigenvalue weighted by atomic mass is 32.2. The molecule has 0 saturated carbocycles. The van der Waals surface area contributed by atoms with Crippen LogP contribution in [0, 0.1) is 22.7 Å². The van der Waals surface area contributed by atoms with Gasteiger partial charge in [-0.05, 0) is 24.3 Å². The molecule has 9 heteroatoms. The van der Waals surface area contributed by atoms with Crippen molar-refractivity contribution < 1.29 is 8.42 Å². The lowest BCUT2D eigenvalue weighted by molar-refractivity contribution is 0.601. The number of benzene rings is 1. The first-order valence-electron chi connectivity index (χ1n) is 6.23. The maximum absolute atomic E-state index is 12.1. The zero-order valence-electron chi connectivity index (χ0n) is 11.6. The standard InChI is InChI=1S/C14H10N6O2S/c15-8-12(9-16)19-18-11-6-7-14(17-10-11)20-23(21,22)13-4-2-1-3-5-13/h1-7,10,18H,(H,17,20). The summed E-state index contributed by atoms with van der Waals surface area (Å²) in [7, 11) is -3.71. The van der Waals surface area contributed by atoms with Gasteiger partial charge in [-0.15, -0.1) is 0 Å². The van der Waals surface area contributed by atoms with E-state index >= 15 is 0 Å². The number of rotatable bonds is 5. The van der Waals surface area contributed by atoms with Crippen LogP contribution in [0.4, 0.5) is 11.5 Å². The smallest absolute Gasteiger partial charge is 0.263 e. The summed E-state index contributed by atoms with van der Waals surface area (Å²) in [4.78, 5) is 4.06. The molecule has 0 aliphatic carbocycles. The van der Waals surface area contributed by atoms with Crippen LogP contribution in [0.3, 0.4) is 0 Å². The van der Waals surface area contributed by atoms with Crippen molar-refractivity contribution in [2.75, 3.05) is 10.1 Å². The van der Waals surface area contributed by atoms with Crippen LogP contribution < -0.4 is 10.1 Å². The van der Waals surface area contributed by atoms with Gasteiger partial charge in [-0.25, -0.2) is 13.4 Å². The second-order valence-electron chi connectivity index (χ2n) is 4.15. The lowest BCUT2D eigenvalue weighted by Gasteiger charge is -2.07. The second kappa shape index (κ2) is 7.02. The number of sulfonamides is 1. The minimum atomic E-state index is -3.71. The number of nitriles is 2. The molecule has 0 radical (unpaired) electrons. The number of nitrogens with one attached hydrogen (secondary N) is 2. The van der Waals surface area contributed by atoms with Crippen LogP contribution in [-0.4, -0.2) is 19.1 Å². The molecule has 23 heavy (non-hydrogen) atoms. The van der Waals surface area contributed by atoms with Gasteiger partial charge in [0.15, 0.2) is 0 Å². The summed E-state index contributed by atoms with van der Waals surface area (Å²) in [5, 5.41) is 20.6. The first kappa shape index (κ1) is 15.9. The lowest BCUT2D eigenvalue weighted by Crippen LogP contribution is -2.13. The normalized spacial score (nSPS) is 10.0. The first-order chi connectivity index (χ1) is 11.0. The van der Waals surface area contributed by atoms with Gasteiger partial charge in [0.1, 0.15) is 18.0 Å². The average Bonchev–Trinajstić information content (AvgIpc) is 2.58. The van der Waals surface area contributed by atoms with Crippen molar-refractivity contribution >= 4 is 27.2 Å². The van der Waals surface area contributed by atoms with Gasteiger partial charge in [0, 0.05) is 0 Å². The molecule has 1 aromatic carbocycles. The van der Waals surface area contributed by atoms with Crippen LogP contribution in [0.1, 0.15) is 0 Å². The molecule has 2 rings (SSSR count). The van der Waals surface area contributed by atoms with Crippen molar-refractivity contribution in [1.29, 1.82) is 10.5 Å². The van der Waals surface area contributed by atoms with Gasteiger partial charge in [0.2, 0.25) is 5.71 Å². The molecular formula is C14H10N6O2S. The van der Waals surface area contributed by atoms with Crippen LogP contribution in [0.15, 0.2) is 58.7 Å². The summed E-state index contributed by atoms with van der Waals surface area (Å²) < 4.78 is 26.6. The highest BCUT2D eigenvalue weighted by Gasteiger charge is 2.13. The summed E-state index contributed by atoms with van der Waals surface area (Å²) in [5.41, 5.74) is 2.54. The fraction of sp³-hybridized carbons (Fsp3) is 0. The van der Waals surface area contributed by atoms with E-state index in [1.54, 1.807) is 30.3 Å². The Hall–Kier alpha value is -3.43. The average molecular weight is 326 g/mol. The van der Waals surface area contributed by atoms with Crippen LogP contribution in [-0.2, 0) is 10.0 Å². The largest absolute Gasteiger partial charge is 0.275 e. The Morgan fingerprint density at radius 3 is 2.35 bits per heavy atom. The van der Waals surface area contributed by atoms with E-state index in [2.05, 4.69) is 20.2 Å². The Bertz CT molecular complexity index is 877. The Balaban J connectivity index is 2.11. The zero-order chi connectivity index (χ0) is 16.7. The van der Waals surface area contributed by atoms with E-state index < -0.39 is 10.0 Å². The number of hydrogen-bond acceptors (Lipinski definition) is 7. The Kier molecular flexibility index (Phi) is 4.87. The molecule has 1 aromatic heterocycles. The van der Waals surface area contributed by atoms with Gasteiger partial charge in [0.25, 0.3) is 10.0 Å². The Labute approximate surface area is 132 Å². The van der Waals surface area contributed by atoms with Crippen molar-refractivity contribution in [3.63, 3.8) is 0 Å². The molecule has 8 nitrogen and oxygen atoms in total. The summed E-state index contributed by atoms with van der Waals surface area (Å²) in [6.45, 7) is 0. The predicted molar refractivity (Wildman–Crippen MR) is 83.8 cm³/mol. The monoisotopic (exact) mass is 326 g/mol. The third kappa shape index (κ3) is 4.27. The molecule has 0 aliphatic rings. The quantitative estimate of drug-likeness (QED) is 0.635. The molecular weight excluding hydrogens is 316 g/mol. The van der Waals surface area contributed by atoms with Gasteiger partial charge < -0.3 is 0 Å². The molecule has 0 unspecified atom stereocenters. The zero-order valence-corrected chi connectivity index (χ0v) is 12.4. The van der Waals surface area contributed by atoms with E-state index in [1.807, 2.05) is 0 Å². The molecule has 2 N–H and O–H groups in total. The van der Waals surface area contributed by atoms with Crippen molar-refractivity contribution in [3.05, 3.63) is 48.7 Å². The summed E-state index contributed by atoms with van der Waals surface area (Å²) in [6.07, 6.45) is 1.32. The van der Waals surface area contributed by atoms with Gasteiger partial charge in [0.05, 0.1) is 16.8 Å². The van der Waals surface area contributed by atoms with Crippen LogP contribution in [0.2, 0.25) is 0 Å². The first-order valence-corrected chi connectivity index (χ1v) is 7.71. The van der Waals surface area contributed by atoms with E-state index in [1.165, 1.54) is 30.5 Å². The molecule has 0 amide bonds. The Morgan fingerprint density at radius 1 is 1.09 bits per heavy atom. The fourth-order valence-electron chi connectivity index (χ4n) is 1.51. The van der Waals surface area contributed by atoms with Gasteiger partial charge >= 0.3 is 0 Å². The van der Waals surface area contributed by atoms with Gasteiger partial charge in [-0.1, -0.05) is 18.2 Å². The van der Waals surface area contributed by atoms with E-state index in [0.29, 0.717) is 5.69 Å². The Morgan fingerprint density at radius 2 is 1.78 bits per heavy atom. The molecule has 0 saturated heterocycles. The summed E-state index contributed by atoms with van der Waals surface area (Å²) in [5.74, 6) is 0.129. The van der Waals surface area contributed by atoms with Gasteiger partial charge in [-0.3, -0.25) is 10.1 Å². The maximum atomic E-state index is 12.1. The summed E-state index contributed by atoms with van der Waals surface area (Å²) in [6, 6.07) is 14.0. The number of pyridine rings is 1. The minimum absolute atomic E-state index is 0.126. The summed E-state index contributed by atoms with van der Waals surface area (Å²) >= 11 is 0. The van der Waals surface area contributed by atoms with Crippen LogP contribution >= 0.6 is 0 Å². The number of anilines is 2. The number of aromatic nitrogens is 1.